The van der Waals surface area contributed by atoms with Crippen molar-refractivity contribution >= 4 is 35.4 Å². The Hall–Kier alpha value is -3.00. The molecular formula is C36H55N3O4S. The van der Waals surface area contributed by atoms with Crippen molar-refractivity contribution < 1.29 is 19.1 Å². The molecule has 0 aliphatic rings. The summed E-state index contributed by atoms with van der Waals surface area (Å²) >= 11 is 1.61. The lowest BCUT2D eigenvalue weighted by atomic mass is 9.99. The molecule has 2 aromatic carbocycles. The third-order valence-electron chi connectivity index (χ3n) is 7.63. The number of thioether (sulfide) groups is 1. The molecule has 0 heterocycles. The molecular weight excluding hydrogens is 570 g/mol. The minimum Gasteiger partial charge on any atom is -0.444 e. The molecule has 0 saturated carbocycles. The molecule has 2 unspecified atom stereocenters. The standard InChI is InChI=1S/C36H55N3O4S/c1-9-11-12-13-14-15-24-39(34(41)30(23-25-44-8)37-35(42)43-36(5,6)7)32(29-21-19-28(10-2)20-22-29)33(40)38-31-26(3)17-16-18-27(31)4/h16-22,30,32H,9-15,23-25H2,1-8H3,(H,37,42)(H,38,40). The van der Waals surface area contributed by atoms with Crippen LogP contribution in [0.25, 0.3) is 0 Å². The Morgan fingerprint density at radius 3 is 2.09 bits per heavy atom. The quantitative estimate of drug-likeness (QED) is 0.172. The number of aryl methyl sites for hydroxylation is 3. The number of anilines is 1. The number of nitrogens with zero attached hydrogens (tertiary/aromatic N) is 1. The van der Waals surface area contributed by atoms with Gasteiger partial charge in [-0.2, -0.15) is 11.8 Å². The number of ether oxygens (including phenoxy) is 1. The molecule has 0 spiro atoms. The van der Waals surface area contributed by atoms with E-state index in [0.717, 1.165) is 66.5 Å². The van der Waals surface area contributed by atoms with Gasteiger partial charge in [-0.3, -0.25) is 9.59 Å². The average Bonchev–Trinajstić information content (AvgIpc) is 2.97. The number of benzene rings is 2. The van der Waals surface area contributed by atoms with Crippen LogP contribution >= 0.6 is 11.8 Å². The van der Waals surface area contributed by atoms with Crippen molar-refractivity contribution in [2.24, 2.45) is 0 Å². The van der Waals surface area contributed by atoms with Gasteiger partial charge in [0, 0.05) is 12.2 Å². The molecule has 2 N–H and O–H groups in total. The zero-order chi connectivity index (χ0) is 32.7. The molecule has 0 bridgehead atoms. The first-order valence-electron chi connectivity index (χ1n) is 16.2. The Kier molecular flexibility index (Phi) is 15.8. The Morgan fingerprint density at radius 1 is 0.909 bits per heavy atom. The van der Waals surface area contributed by atoms with E-state index in [0.29, 0.717) is 18.7 Å². The number of unbranched alkanes of at least 4 members (excludes halogenated alkanes) is 5. The Bertz CT molecular complexity index is 1170. The van der Waals surface area contributed by atoms with E-state index in [1.54, 1.807) is 37.4 Å². The average molecular weight is 626 g/mol. The van der Waals surface area contributed by atoms with Crippen LogP contribution in [0.4, 0.5) is 10.5 Å². The molecule has 0 aliphatic carbocycles. The first-order chi connectivity index (χ1) is 20.9. The van der Waals surface area contributed by atoms with E-state index in [1.165, 1.54) is 6.42 Å². The van der Waals surface area contributed by atoms with Gasteiger partial charge in [0.2, 0.25) is 5.91 Å². The molecule has 2 aromatic rings. The fourth-order valence-electron chi connectivity index (χ4n) is 5.18. The summed E-state index contributed by atoms with van der Waals surface area (Å²) in [5, 5.41) is 6.01. The normalized spacial score (nSPS) is 12.7. The third-order valence-corrected chi connectivity index (χ3v) is 8.27. The molecule has 0 fully saturated rings. The first-order valence-corrected chi connectivity index (χ1v) is 17.6. The van der Waals surface area contributed by atoms with Crippen LogP contribution in [-0.4, -0.2) is 53.0 Å². The highest BCUT2D eigenvalue weighted by molar-refractivity contribution is 7.98. The number of alkyl carbamates (subject to hydrolysis) is 1. The summed E-state index contributed by atoms with van der Waals surface area (Å²) in [5.74, 6) is 0.119. The molecule has 0 aromatic heterocycles. The van der Waals surface area contributed by atoms with E-state index in [2.05, 4.69) is 24.5 Å². The maximum Gasteiger partial charge on any atom is 0.408 e. The SMILES string of the molecule is CCCCCCCCN(C(=O)C(CCSC)NC(=O)OC(C)(C)C)C(C(=O)Nc1c(C)cccc1C)c1ccc(CC)cc1. The van der Waals surface area contributed by atoms with Crippen molar-refractivity contribution in [3.63, 3.8) is 0 Å². The van der Waals surface area contributed by atoms with E-state index >= 15 is 0 Å². The van der Waals surface area contributed by atoms with Crippen LogP contribution in [-0.2, 0) is 20.7 Å². The second-order valence-corrected chi connectivity index (χ2v) is 13.5. The van der Waals surface area contributed by atoms with Crippen LogP contribution in [0.1, 0.15) is 108 Å². The fraction of sp³-hybridized carbons (Fsp3) is 0.583. The predicted octanol–water partition coefficient (Wildman–Crippen LogP) is 8.38. The molecule has 0 aliphatic heterocycles. The number of nitrogens with one attached hydrogen (secondary N) is 2. The van der Waals surface area contributed by atoms with Gasteiger partial charge in [-0.1, -0.05) is 88.4 Å². The highest BCUT2D eigenvalue weighted by Crippen LogP contribution is 2.28. The lowest BCUT2D eigenvalue weighted by Crippen LogP contribution is -2.52. The number of para-hydroxylation sites is 1. The summed E-state index contributed by atoms with van der Waals surface area (Å²) in [5.41, 5.74) is 3.86. The molecule has 0 radical (unpaired) electrons. The second-order valence-electron chi connectivity index (χ2n) is 12.5. The van der Waals surface area contributed by atoms with Gasteiger partial charge < -0.3 is 20.3 Å². The zero-order valence-electron chi connectivity index (χ0n) is 28.3. The van der Waals surface area contributed by atoms with E-state index in [-0.39, 0.29) is 11.8 Å². The van der Waals surface area contributed by atoms with Gasteiger partial charge >= 0.3 is 6.09 Å². The summed E-state index contributed by atoms with van der Waals surface area (Å²) in [6, 6.07) is 12.1. The summed E-state index contributed by atoms with van der Waals surface area (Å²) < 4.78 is 5.53. The lowest BCUT2D eigenvalue weighted by Gasteiger charge is -2.35. The van der Waals surface area contributed by atoms with Crippen molar-refractivity contribution in [2.45, 2.75) is 118 Å². The summed E-state index contributed by atoms with van der Waals surface area (Å²) in [6.07, 6.45) is 8.91. The minimum atomic E-state index is -0.875. The highest BCUT2D eigenvalue weighted by Gasteiger charge is 2.36. The smallest absolute Gasteiger partial charge is 0.408 e. The van der Waals surface area contributed by atoms with Crippen LogP contribution < -0.4 is 10.6 Å². The topological polar surface area (TPSA) is 87.7 Å². The Morgan fingerprint density at radius 2 is 1.52 bits per heavy atom. The van der Waals surface area contributed by atoms with Crippen LogP contribution in [0.15, 0.2) is 42.5 Å². The van der Waals surface area contributed by atoms with Crippen molar-refractivity contribution in [3.8, 4) is 0 Å². The molecule has 244 valence electrons. The van der Waals surface area contributed by atoms with E-state index in [1.807, 2.05) is 62.6 Å². The second kappa shape index (κ2) is 18.7. The van der Waals surface area contributed by atoms with Crippen molar-refractivity contribution in [2.75, 3.05) is 23.9 Å². The summed E-state index contributed by atoms with van der Waals surface area (Å²) in [4.78, 5) is 43.4. The van der Waals surface area contributed by atoms with Gasteiger partial charge in [0.1, 0.15) is 17.7 Å². The predicted molar refractivity (Wildman–Crippen MR) is 184 cm³/mol. The number of carbonyl (C=O) groups excluding carboxylic acids is 3. The molecule has 44 heavy (non-hydrogen) atoms. The lowest BCUT2D eigenvalue weighted by molar-refractivity contribution is -0.141. The van der Waals surface area contributed by atoms with E-state index < -0.39 is 23.8 Å². The van der Waals surface area contributed by atoms with Gasteiger partial charge in [0.25, 0.3) is 5.91 Å². The number of carbonyl (C=O) groups is 3. The third kappa shape index (κ3) is 12.2. The number of hydrogen-bond donors (Lipinski definition) is 2. The Labute approximate surface area is 270 Å². The molecule has 0 saturated heterocycles. The van der Waals surface area contributed by atoms with Crippen LogP contribution in [0.3, 0.4) is 0 Å². The molecule has 2 rings (SSSR count). The largest absolute Gasteiger partial charge is 0.444 e. The van der Waals surface area contributed by atoms with Crippen LogP contribution in [0, 0.1) is 13.8 Å². The monoisotopic (exact) mass is 625 g/mol. The number of hydrogen-bond acceptors (Lipinski definition) is 5. The fourth-order valence-corrected chi connectivity index (χ4v) is 5.66. The maximum absolute atomic E-state index is 14.5. The molecule has 3 amide bonds. The molecule has 8 heteroatoms. The van der Waals surface area contributed by atoms with Crippen LogP contribution in [0.2, 0.25) is 0 Å². The van der Waals surface area contributed by atoms with Crippen molar-refractivity contribution in [1.29, 1.82) is 0 Å². The molecule has 7 nitrogen and oxygen atoms in total. The van der Waals surface area contributed by atoms with Crippen molar-refractivity contribution in [1.82, 2.24) is 10.2 Å². The minimum absolute atomic E-state index is 0.271. The Balaban J connectivity index is 2.55. The number of rotatable bonds is 17. The van der Waals surface area contributed by atoms with Gasteiger partial charge in [0.15, 0.2) is 0 Å². The van der Waals surface area contributed by atoms with Gasteiger partial charge in [-0.25, -0.2) is 4.79 Å². The molecule has 2 atom stereocenters. The first kappa shape index (κ1) is 37.2. The van der Waals surface area contributed by atoms with Gasteiger partial charge in [-0.15, -0.1) is 0 Å². The summed E-state index contributed by atoms with van der Waals surface area (Å²) in [6.45, 7) is 14.0. The number of amides is 3. The van der Waals surface area contributed by atoms with Crippen LogP contribution in [0.5, 0.6) is 0 Å². The maximum atomic E-state index is 14.5. The summed E-state index contributed by atoms with van der Waals surface area (Å²) in [7, 11) is 0. The van der Waals surface area contributed by atoms with Gasteiger partial charge in [-0.05, 0) is 88.1 Å². The van der Waals surface area contributed by atoms with E-state index in [9.17, 15) is 14.4 Å². The highest BCUT2D eigenvalue weighted by atomic mass is 32.2. The zero-order valence-corrected chi connectivity index (χ0v) is 29.1. The van der Waals surface area contributed by atoms with E-state index in [4.69, 9.17) is 4.74 Å². The van der Waals surface area contributed by atoms with Gasteiger partial charge in [0.05, 0.1) is 0 Å². The van der Waals surface area contributed by atoms with Crippen molar-refractivity contribution in [3.05, 3.63) is 64.7 Å².